The molecule has 0 heterocycles. The lowest BCUT2D eigenvalue weighted by Gasteiger charge is -2.20. The zero-order valence-corrected chi connectivity index (χ0v) is 18.0. The molecular formula is C22H32N4O3. The molecule has 7 nitrogen and oxygen atoms in total. The third kappa shape index (κ3) is 6.48. The van der Waals surface area contributed by atoms with E-state index in [1.54, 1.807) is 21.3 Å². The molecule has 0 radical (unpaired) electrons. The Balaban J connectivity index is 2.01. The first-order valence-electron chi connectivity index (χ1n) is 9.70. The summed E-state index contributed by atoms with van der Waals surface area (Å²) in [5.41, 5.74) is 2.16. The van der Waals surface area contributed by atoms with E-state index in [1.807, 2.05) is 37.3 Å². The monoisotopic (exact) mass is 400 g/mol. The third-order valence-corrected chi connectivity index (χ3v) is 4.43. The van der Waals surface area contributed by atoms with Gasteiger partial charge in [0.15, 0.2) is 17.5 Å². The Hall–Kier alpha value is -3.09. The summed E-state index contributed by atoms with van der Waals surface area (Å²) in [5.74, 6) is 2.60. The van der Waals surface area contributed by atoms with Crippen LogP contribution in [-0.2, 0) is 6.54 Å². The summed E-state index contributed by atoms with van der Waals surface area (Å²) in [7, 11) is 6.90. The van der Waals surface area contributed by atoms with Gasteiger partial charge in [-0.2, -0.15) is 0 Å². The number of hydrogen-bond acceptors (Lipinski definition) is 5. The lowest BCUT2D eigenvalue weighted by Crippen LogP contribution is -2.41. The summed E-state index contributed by atoms with van der Waals surface area (Å²) >= 11 is 0. The van der Waals surface area contributed by atoms with Crippen LogP contribution in [-0.4, -0.2) is 54.0 Å². The van der Waals surface area contributed by atoms with Crippen molar-refractivity contribution in [2.24, 2.45) is 4.99 Å². The minimum atomic E-state index is 0.487. The zero-order valence-electron chi connectivity index (χ0n) is 18.0. The quantitative estimate of drug-likeness (QED) is 0.472. The van der Waals surface area contributed by atoms with E-state index in [2.05, 4.69) is 39.7 Å². The van der Waals surface area contributed by atoms with Gasteiger partial charge in [0.1, 0.15) is 0 Å². The van der Waals surface area contributed by atoms with Gasteiger partial charge in [0, 0.05) is 32.4 Å². The molecule has 2 N–H and O–H groups in total. The highest BCUT2D eigenvalue weighted by molar-refractivity contribution is 5.79. The standard InChI is InChI=1S/C22H32N4O3/c1-6-23-22(24-12-13-26(2)18-10-8-7-9-11-18)25-16-17-14-19(27-3)21(29-5)20(15-17)28-4/h7-11,14-15H,6,12-13,16H2,1-5H3,(H2,23,24,25). The molecule has 0 unspecified atom stereocenters. The number of nitrogens with zero attached hydrogens (tertiary/aromatic N) is 2. The van der Waals surface area contributed by atoms with Crippen LogP contribution < -0.4 is 29.7 Å². The second-order valence-corrected chi connectivity index (χ2v) is 6.41. The Morgan fingerprint density at radius 2 is 1.62 bits per heavy atom. The summed E-state index contributed by atoms with van der Waals surface area (Å²) in [5, 5.41) is 6.66. The van der Waals surface area contributed by atoms with Gasteiger partial charge in [-0.1, -0.05) is 18.2 Å². The number of para-hydroxylation sites is 1. The summed E-state index contributed by atoms with van der Waals surface area (Å²) < 4.78 is 16.2. The first-order valence-corrected chi connectivity index (χ1v) is 9.70. The fourth-order valence-electron chi connectivity index (χ4n) is 2.89. The zero-order chi connectivity index (χ0) is 21.1. The molecule has 0 spiro atoms. The summed E-state index contributed by atoms with van der Waals surface area (Å²) in [6.07, 6.45) is 0. The number of guanidine groups is 1. The molecule has 158 valence electrons. The summed E-state index contributed by atoms with van der Waals surface area (Å²) in [4.78, 5) is 6.89. The molecule has 0 aliphatic heterocycles. The Bertz CT molecular complexity index is 756. The van der Waals surface area contributed by atoms with Crippen LogP contribution in [0.2, 0.25) is 0 Å². The van der Waals surface area contributed by atoms with Gasteiger partial charge in [-0.3, -0.25) is 0 Å². The van der Waals surface area contributed by atoms with Crippen LogP contribution in [0.15, 0.2) is 47.5 Å². The normalized spacial score (nSPS) is 11.0. The molecule has 2 rings (SSSR count). The molecule has 0 atom stereocenters. The number of benzene rings is 2. The minimum absolute atomic E-state index is 0.487. The fraction of sp³-hybridized carbons (Fsp3) is 0.409. The highest BCUT2D eigenvalue weighted by Crippen LogP contribution is 2.38. The Labute approximate surface area is 173 Å². The Kier molecular flexibility index (Phi) is 8.95. The van der Waals surface area contributed by atoms with Crippen molar-refractivity contribution in [3.8, 4) is 17.2 Å². The van der Waals surface area contributed by atoms with Crippen molar-refractivity contribution in [3.05, 3.63) is 48.0 Å². The Morgan fingerprint density at radius 3 is 2.17 bits per heavy atom. The minimum Gasteiger partial charge on any atom is -0.493 e. The molecule has 7 heteroatoms. The lowest BCUT2D eigenvalue weighted by molar-refractivity contribution is 0.324. The number of ether oxygens (including phenoxy) is 3. The number of rotatable bonds is 10. The van der Waals surface area contributed by atoms with E-state index in [-0.39, 0.29) is 0 Å². The van der Waals surface area contributed by atoms with Gasteiger partial charge in [-0.15, -0.1) is 0 Å². The molecular weight excluding hydrogens is 368 g/mol. The van der Waals surface area contributed by atoms with Crippen LogP contribution >= 0.6 is 0 Å². The topological polar surface area (TPSA) is 67.4 Å². The predicted molar refractivity (Wildman–Crippen MR) is 119 cm³/mol. The van der Waals surface area contributed by atoms with Gasteiger partial charge < -0.3 is 29.7 Å². The first-order chi connectivity index (χ1) is 14.1. The molecule has 0 fully saturated rings. The second-order valence-electron chi connectivity index (χ2n) is 6.41. The number of aliphatic imine (C=N–C) groups is 1. The highest BCUT2D eigenvalue weighted by Gasteiger charge is 2.13. The maximum absolute atomic E-state index is 5.42. The van der Waals surface area contributed by atoms with Crippen molar-refractivity contribution < 1.29 is 14.2 Å². The largest absolute Gasteiger partial charge is 0.493 e. The maximum atomic E-state index is 5.42. The maximum Gasteiger partial charge on any atom is 0.203 e. The highest BCUT2D eigenvalue weighted by atomic mass is 16.5. The smallest absolute Gasteiger partial charge is 0.203 e. The van der Waals surface area contributed by atoms with E-state index < -0.39 is 0 Å². The van der Waals surface area contributed by atoms with E-state index in [0.29, 0.717) is 23.8 Å². The van der Waals surface area contributed by atoms with Gasteiger partial charge in [-0.25, -0.2) is 4.99 Å². The van der Waals surface area contributed by atoms with Crippen LogP contribution in [0.4, 0.5) is 5.69 Å². The van der Waals surface area contributed by atoms with E-state index in [1.165, 1.54) is 5.69 Å². The summed E-state index contributed by atoms with van der Waals surface area (Å²) in [6, 6.07) is 14.1. The van der Waals surface area contributed by atoms with E-state index in [4.69, 9.17) is 14.2 Å². The van der Waals surface area contributed by atoms with Gasteiger partial charge in [0.05, 0.1) is 27.9 Å². The van der Waals surface area contributed by atoms with Crippen molar-refractivity contribution in [2.75, 3.05) is 52.9 Å². The molecule has 0 aliphatic carbocycles. The average molecular weight is 401 g/mol. The van der Waals surface area contributed by atoms with Crippen molar-refractivity contribution in [1.29, 1.82) is 0 Å². The SMILES string of the molecule is CCNC(=NCc1cc(OC)c(OC)c(OC)c1)NCCN(C)c1ccccc1. The van der Waals surface area contributed by atoms with Crippen molar-refractivity contribution in [2.45, 2.75) is 13.5 Å². The van der Waals surface area contributed by atoms with Crippen LogP contribution in [0.5, 0.6) is 17.2 Å². The molecule has 0 bridgehead atoms. The number of methoxy groups -OCH3 is 3. The van der Waals surface area contributed by atoms with Crippen LogP contribution in [0.3, 0.4) is 0 Å². The first kappa shape index (κ1) is 22.2. The van der Waals surface area contributed by atoms with Gasteiger partial charge in [0.2, 0.25) is 5.75 Å². The average Bonchev–Trinajstić information content (AvgIpc) is 2.77. The van der Waals surface area contributed by atoms with Crippen LogP contribution in [0, 0.1) is 0 Å². The lowest BCUT2D eigenvalue weighted by atomic mass is 10.2. The fourth-order valence-corrected chi connectivity index (χ4v) is 2.89. The molecule has 29 heavy (non-hydrogen) atoms. The van der Waals surface area contributed by atoms with Crippen LogP contribution in [0.25, 0.3) is 0 Å². The second kappa shape index (κ2) is 11.7. The van der Waals surface area contributed by atoms with Crippen molar-refractivity contribution in [3.63, 3.8) is 0 Å². The number of anilines is 1. The molecule has 0 amide bonds. The van der Waals surface area contributed by atoms with Gasteiger partial charge in [0.25, 0.3) is 0 Å². The molecule has 0 saturated heterocycles. The van der Waals surface area contributed by atoms with E-state index >= 15 is 0 Å². The molecule has 2 aromatic carbocycles. The molecule has 0 aliphatic rings. The molecule has 0 saturated carbocycles. The number of likely N-dealkylation sites (N-methyl/N-ethyl adjacent to an activating group) is 1. The van der Waals surface area contributed by atoms with Crippen molar-refractivity contribution >= 4 is 11.6 Å². The number of hydrogen-bond donors (Lipinski definition) is 2. The molecule has 0 aromatic heterocycles. The predicted octanol–water partition coefficient (Wildman–Crippen LogP) is 2.90. The van der Waals surface area contributed by atoms with E-state index in [0.717, 1.165) is 31.2 Å². The van der Waals surface area contributed by atoms with E-state index in [9.17, 15) is 0 Å². The van der Waals surface area contributed by atoms with Crippen LogP contribution in [0.1, 0.15) is 12.5 Å². The third-order valence-electron chi connectivity index (χ3n) is 4.43. The molecule has 2 aromatic rings. The summed E-state index contributed by atoms with van der Waals surface area (Å²) in [6.45, 7) is 4.95. The van der Waals surface area contributed by atoms with Gasteiger partial charge >= 0.3 is 0 Å². The number of nitrogens with one attached hydrogen (secondary N) is 2. The van der Waals surface area contributed by atoms with Gasteiger partial charge in [-0.05, 0) is 36.8 Å². The Morgan fingerprint density at radius 1 is 0.966 bits per heavy atom. The van der Waals surface area contributed by atoms with Crippen molar-refractivity contribution in [1.82, 2.24) is 10.6 Å².